The van der Waals surface area contributed by atoms with E-state index in [1.54, 1.807) is 0 Å². The smallest absolute Gasteiger partial charge is 0.323 e. The lowest BCUT2D eigenvalue weighted by molar-refractivity contribution is -0.143. The minimum absolute atomic E-state index is 0.146. The summed E-state index contributed by atoms with van der Waals surface area (Å²) < 4.78 is 10.8. The highest BCUT2D eigenvalue weighted by Crippen LogP contribution is 2.37. The second-order valence-corrected chi connectivity index (χ2v) is 9.34. The summed E-state index contributed by atoms with van der Waals surface area (Å²) in [5, 5.41) is 5.20. The van der Waals surface area contributed by atoms with E-state index in [4.69, 9.17) is 21.1 Å². The number of nitrogens with one attached hydrogen (secondary N) is 2. The van der Waals surface area contributed by atoms with Gasteiger partial charge in [-0.3, -0.25) is 10.1 Å². The lowest BCUT2D eigenvalue weighted by Gasteiger charge is -2.30. The maximum atomic E-state index is 12.5. The molecule has 0 saturated heterocycles. The van der Waals surface area contributed by atoms with Gasteiger partial charge in [0.2, 0.25) is 0 Å². The van der Waals surface area contributed by atoms with Gasteiger partial charge in [-0.05, 0) is 66.4 Å². The number of rotatable bonds is 5. The molecule has 0 bridgehead atoms. The molecule has 174 valence electrons. The number of methoxy groups -OCH3 is 1. The zero-order valence-corrected chi connectivity index (χ0v) is 20.1. The average molecular weight is 475 g/mol. The minimum atomic E-state index is -0.436. The van der Waals surface area contributed by atoms with Crippen LogP contribution in [0, 0.1) is 0 Å². The number of ether oxygens (including phenoxy) is 2. The molecule has 0 spiro atoms. The number of halogens is 1. The number of H-pyrrole nitrogens is 1. The van der Waals surface area contributed by atoms with Crippen LogP contribution in [-0.4, -0.2) is 30.2 Å². The quantitative estimate of drug-likeness (QED) is 0.345. The number of aromatic amines is 1. The summed E-state index contributed by atoms with van der Waals surface area (Å²) in [5.74, 6) is 0.592. The highest BCUT2D eigenvalue weighted by atomic mass is 35.5. The Hall–Kier alpha value is -3.28. The Morgan fingerprint density at radius 3 is 2.32 bits per heavy atom. The number of hydrogen-bond donors (Lipinski definition) is 2. The Kier molecular flexibility index (Phi) is 6.07. The highest BCUT2D eigenvalue weighted by molar-refractivity contribution is 6.31. The summed E-state index contributed by atoms with van der Waals surface area (Å²) in [5.41, 5.74) is 6.46. The highest BCUT2D eigenvalue weighted by Gasteiger charge is 2.34. The van der Waals surface area contributed by atoms with Gasteiger partial charge in [0.25, 0.3) is 0 Å². The number of benzene rings is 3. The molecule has 0 saturated carbocycles. The van der Waals surface area contributed by atoms with E-state index in [-0.39, 0.29) is 18.1 Å². The molecular weight excluding hydrogens is 448 g/mol. The summed E-state index contributed by atoms with van der Waals surface area (Å²) >= 11 is 6.28. The van der Waals surface area contributed by atoms with Gasteiger partial charge in [0.05, 0.1) is 19.3 Å². The molecule has 0 amide bonds. The number of aromatic nitrogens is 1. The van der Waals surface area contributed by atoms with Crippen LogP contribution in [0.4, 0.5) is 0 Å². The van der Waals surface area contributed by atoms with E-state index in [0.717, 1.165) is 44.6 Å². The minimum Gasteiger partial charge on any atom is -0.491 e. The third kappa shape index (κ3) is 4.29. The fourth-order valence-corrected chi connectivity index (χ4v) is 4.85. The van der Waals surface area contributed by atoms with Crippen molar-refractivity contribution >= 4 is 28.5 Å². The van der Waals surface area contributed by atoms with E-state index < -0.39 is 6.04 Å². The van der Waals surface area contributed by atoms with Crippen molar-refractivity contribution in [3.63, 3.8) is 0 Å². The average Bonchev–Trinajstić information content (AvgIpc) is 3.21. The number of hydrogen-bond acceptors (Lipinski definition) is 4. The molecular formula is C28H27ClN2O3. The van der Waals surface area contributed by atoms with Gasteiger partial charge < -0.3 is 14.5 Å². The standard InChI is InChI=1S/C28H27ClN2O3/c1-16(2)34-21-11-8-18(9-12-21)17-4-6-19(7-5-17)26-27-23(15-25(31-26)28(32)33-3)22-14-20(29)10-13-24(22)30-27/h4-14,16,25-26,30-31H,15H2,1-3H3. The molecule has 34 heavy (non-hydrogen) atoms. The predicted molar refractivity (Wildman–Crippen MR) is 135 cm³/mol. The van der Waals surface area contributed by atoms with Gasteiger partial charge in [-0.25, -0.2) is 0 Å². The van der Waals surface area contributed by atoms with E-state index in [1.807, 2.05) is 44.2 Å². The molecule has 1 aliphatic rings. The van der Waals surface area contributed by atoms with Gasteiger partial charge in [-0.15, -0.1) is 0 Å². The third-order valence-corrected chi connectivity index (χ3v) is 6.49. The number of fused-ring (bicyclic) bond motifs is 3. The van der Waals surface area contributed by atoms with Crippen molar-refractivity contribution in [1.82, 2.24) is 10.3 Å². The molecule has 2 unspecified atom stereocenters. The molecule has 2 atom stereocenters. The molecule has 3 aromatic carbocycles. The molecule has 5 rings (SSSR count). The van der Waals surface area contributed by atoms with Gasteiger partial charge in [-0.2, -0.15) is 0 Å². The van der Waals surface area contributed by atoms with E-state index in [2.05, 4.69) is 46.7 Å². The Morgan fingerprint density at radius 2 is 1.68 bits per heavy atom. The Balaban J connectivity index is 1.49. The van der Waals surface area contributed by atoms with Crippen molar-refractivity contribution in [2.24, 2.45) is 0 Å². The van der Waals surface area contributed by atoms with Crippen LogP contribution in [0.5, 0.6) is 5.75 Å². The van der Waals surface area contributed by atoms with Crippen molar-refractivity contribution in [1.29, 1.82) is 0 Å². The number of carbonyl (C=O) groups excluding carboxylic acids is 1. The first-order valence-electron chi connectivity index (χ1n) is 11.4. The zero-order valence-electron chi connectivity index (χ0n) is 19.4. The van der Waals surface area contributed by atoms with E-state index in [0.29, 0.717) is 11.4 Å². The zero-order chi connectivity index (χ0) is 23.8. The van der Waals surface area contributed by atoms with E-state index in [9.17, 15) is 4.79 Å². The van der Waals surface area contributed by atoms with Crippen molar-refractivity contribution in [2.45, 2.75) is 38.5 Å². The molecule has 0 fully saturated rings. The van der Waals surface area contributed by atoms with Crippen molar-refractivity contribution in [3.05, 3.63) is 88.6 Å². The first kappa shape index (κ1) is 22.5. The molecule has 2 N–H and O–H groups in total. The first-order chi connectivity index (χ1) is 16.4. The fraction of sp³-hybridized carbons (Fsp3) is 0.250. The maximum absolute atomic E-state index is 12.5. The SMILES string of the molecule is COC(=O)C1Cc2c([nH]c3ccc(Cl)cc23)C(c2ccc(-c3ccc(OC(C)C)cc3)cc2)N1. The van der Waals surface area contributed by atoms with Gasteiger partial charge in [0.15, 0.2) is 0 Å². The van der Waals surface area contributed by atoms with Crippen LogP contribution in [0.3, 0.4) is 0 Å². The predicted octanol–water partition coefficient (Wildman–Crippen LogP) is 6.05. The van der Waals surface area contributed by atoms with Crippen LogP contribution in [0.1, 0.15) is 36.7 Å². The summed E-state index contributed by atoms with van der Waals surface area (Å²) in [6.45, 7) is 4.04. The summed E-state index contributed by atoms with van der Waals surface area (Å²) in [6, 6.07) is 21.8. The van der Waals surface area contributed by atoms with Crippen molar-refractivity contribution < 1.29 is 14.3 Å². The largest absolute Gasteiger partial charge is 0.491 e. The normalized spacial score (nSPS) is 17.6. The lowest BCUT2D eigenvalue weighted by atomic mass is 9.89. The molecule has 0 radical (unpaired) electrons. The molecule has 2 heterocycles. The topological polar surface area (TPSA) is 63.4 Å². The molecule has 5 nitrogen and oxygen atoms in total. The van der Waals surface area contributed by atoms with Gasteiger partial charge >= 0.3 is 5.97 Å². The fourth-order valence-electron chi connectivity index (χ4n) is 4.68. The molecule has 6 heteroatoms. The number of esters is 1. The van der Waals surface area contributed by atoms with Crippen LogP contribution in [0.15, 0.2) is 66.7 Å². The second-order valence-electron chi connectivity index (χ2n) is 8.90. The van der Waals surface area contributed by atoms with Crippen LogP contribution in [-0.2, 0) is 16.0 Å². The monoisotopic (exact) mass is 474 g/mol. The summed E-state index contributed by atoms with van der Waals surface area (Å²) in [4.78, 5) is 16.0. The Labute approximate surface area is 204 Å². The van der Waals surface area contributed by atoms with E-state index in [1.165, 1.54) is 7.11 Å². The van der Waals surface area contributed by atoms with Crippen LogP contribution in [0.2, 0.25) is 5.02 Å². The molecule has 1 aromatic heterocycles. The Morgan fingerprint density at radius 1 is 1.00 bits per heavy atom. The molecule has 4 aromatic rings. The molecule has 0 aliphatic carbocycles. The van der Waals surface area contributed by atoms with E-state index >= 15 is 0 Å². The van der Waals surface area contributed by atoms with Crippen LogP contribution in [0.25, 0.3) is 22.0 Å². The first-order valence-corrected chi connectivity index (χ1v) is 11.8. The summed E-state index contributed by atoms with van der Waals surface area (Å²) in [7, 11) is 1.42. The van der Waals surface area contributed by atoms with Crippen LogP contribution < -0.4 is 10.1 Å². The van der Waals surface area contributed by atoms with Crippen LogP contribution >= 0.6 is 11.6 Å². The Bertz CT molecular complexity index is 1330. The van der Waals surface area contributed by atoms with Gasteiger partial charge in [0, 0.05) is 28.0 Å². The lowest BCUT2D eigenvalue weighted by Crippen LogP contribution is -2.45. The third-order valence-electron chi connectivity index (χ3n) is 6.26. The van der Waals surface area contributed by atoms with Crippen molar-refractivity contribution in [2.75, 3.05) is 7.11 Å². The maximum Gasteiger partial charge on any atom is 0.323 e. The van der Waals surface area contributed by atoms with Crippen molar-refractivity contribution in [3.8, 4) is 16.9 Å². The van der Waals surface area contributed by atoms with Gasteiger partial charge in [0.1, 0.15) is 11.8 Å². The second kappa shape index (κ2) is 9.16. The molecule has 1 aliphatic heterocycles. The number of carbonyl (C=O) groups is 1. The van der Waals surface area contributed by atoms with Gasteiger partial charge in [-0.1, -0.05) is 48.0 Å². The summed E-state index contributed by atoms with van der Waals surface area (Å²) in [6.07, 6.45) is 0.689.